The predicted octanol–water partition coefficient (Wildman–Crippen LogP) is 11.2. The van der Waals surface area contributed by atoms with Gasteiger partial charge >= 0.3 is 5.97 Å². The maximum atomic E-state index is 13.0. The van der Waals surface area contributed by atoms with Crippen molar-refractivity contribution in [2.75, 3.05) is 36.9 Å². The maximum Gasteiger partial charge on any atom is 0.338 e. The number of carboxylic acids is 1. The zero-order valence-corrected chi connectivity index (χ0v) is 51.1. The zero-order chi connectivity index (χ0) is 59.8. The fourth-order valence-corrected chi connectivity index (χ4v) is 12.3. The number of pyridine rings is 4. The van der Waals surface area contributed by atoms with Crippen LogP contribution in [0.4, 0.5) is 11.6 Å². The second-order valence-corrected chi connectivity index (χ2v) is 28.0. The van der Waals surface area contributed by atoms with E-state index in [1.807, 2.05) is 4.72 Å². The molecule has 0 radical (unpaired) electrons. The number of hydrogen-bond acceptors (Lipinski definition) is 16. The first-order valence-electron chi connectivity index (χ1n) is 28.2. The molecule has 1 amide bonds. The number of aromatic carboxylic acids is 1. The van der Waals surface area contributed by atoms with Crippen molar-refractivity contribution in [1.82, 2.24) is 44.2 Å². The summed E-state index contributed by atoms with van der Waals surface area (Å²) in [4.78, 5) is 40.3. The Balaban J connectivity index is 0.000000180. The van der Waals surface area contributed by atoms with Crippen LogP contribution in [0.1, 0.15) is 152 Å². The summed E-state index contributed by atoms with van der Waals surface area (Å²) in [6, 6.07) is 18.8. The molecule has 10 rings (SSSR count). The molecule has 6 aromatic heterocycles. The van der Waals surface area contributed by atoms with Gasteiger partial charge in [0.05, 0.1) is 24.3 Å². The normalized spacial score (nSPS) is 18.8. The number of nitrogens with two attached hydrogens (primary N) is 1. The summed E-state index contributed by atoms with van der Waals surface area (Å²) in [6.07, 6.45) is 20.0. The lowest BCUT2D eigenvalue weighted by molar-refractivity contribution is 0.0696. The number of amides is 1. The average molecular weight is 1220 g/mol. The molecule has 21 nitrogen and oxygen atoms in total. The number of anilines is 2. The Labute approximate surface area is 496 Å². The highest BCUT2D eigenvalue weighted by Crippen LogP contribution is 2.49. The Morgan fingerprint density at radius 3 is 1.48 bits per heavy atom. The fourth-order valence-electron chi connectivity index (χ4n) is 10.4. The Hall–Kier alpha value is -6.40. The number of primary sulfonamides is 1. The molecule has 0 spiro atoms. The van der Waals surface area contributed by atoms with Crippen LogP contribution in [0.15, 0.2) is 95.2 Å². The first-order chi connectivity index (χ1) is 39.2. The van der Waals surface area contributed by atoms with Crippen molar-refractivity contribution in [3.63, 3.8) is 0 Å². The van der Waals surface area contributed by atoms with Gasteiger partial charge in [0.15, 0.2) is 21.7 Å². The van der Waals surface area contributed by atoms with Crippen LogP contribution in [-0.4, -0.2) is 99.6 Å². The number of sulfonamides is 2. The van der Waals surface area contributed by atoms with E-state index < -0.39 is 31.9 Å². The van der Waals surface area contributed by atoms with Gasteiger partial charge in [-0.15, -0.1) is 10.2 Å². The number of halogens is 2. The standard InChI is InChI=1S/C29H37ClN6O4S.C15H16ClN3O3.C14H23N3O2S/c1-28(2)13-5-6-20(28)11-17-31-22-7-4-8-25(32-22)41(38,39)35-27(37)21-9-10-23(33-26(21)30)36-18-12-24(34-36)40-19-16-29(3)14-15-29;1-15(5-6-15)7-9-22-12-4-8-19(18-12)11-3-2-10(14(20)21)13(16)17-11;1-14(2)9-4-5-11(14)8-10-16-12-6-3-7-13(17-12)20(15,18)19/h4,7-10,12,18,20H,5-6,11,13-17,19H2,1-3H3,(H,31,32)(H,35,37);2-4,8H,5-7,9H2,1H3,(H,20,21);3,6-7,11H,4-5,8-10H2,1-2H3,(H,16,17)(H2,15,18,19). The molecule has 4 fully saturated rings. The molecule has 0 aromatic carbocycles. The van der Waals surface area contributed by atoms with Gasteiger partial charge in [-0.1, -0.05) is 89.7 Å². The van der Waals surface area contributed by atoms with Crippen LogP contribution in [0.3, 0.4) is 0 Å². The van der Waals surface area contributed by atoms with E-state index in [-0.39, 0.29) is 31.5 Å². The molecule has 4 aliphatic carbocycles. The number of carbonyl (C=O) groups excluding carboxylic acids is 1. The number of carbonyl (C=O) groups is 2. The highest BCUT2D eigenvalue weighted by molar-refractivity contribution is 7.90. The third-order valence-electron chi connectivity index (χ3n) is 16.7. The number of hydrogen-bond donors (Lipinski definition) is 5. The summed E-state index contributed by atoms with van der Waals surface area (Å²) in [5.41, 5.74) is 1.45. The highest BCUT2D eigenvalue weighted by Gasteiger charge is 2.38. The van der Waals surface area contributed by atoms with Gasteiger partial charge in [-0.2, -0.15) is 8.42 Å². The minimum absolute atomic E-state index is 0.0354. The third kappa shape index (κ3) is 17.6. The van der Waals surface area contributed by atoms with Gasteiger partial charge in [0, 0.05) is 37.6 Å². The zero-order valence-electron chi connectivity index (χ0n) is 47.9. The van der Waals surface area contributed by atoms with Gasteiger partial charge in [-0.3, -0.25) is 4.79 Å². The lowest BCUT2D eigenvalue weighted by Crippen LogP contribution is -2.31. The Morgan fingerprint density at radius 1 is 0.627 bits per heavy atom. The number of nitrogens with one attached hydrogen (secondary N) is 3. The predicted molar refractivity (Wildman–Crippen MR) is 318 cm³/mol. The van der Waals surface area contributed by atoms with Crippen LogP contribution in [0.25, 0.3) is 11.6 Å². The van der Waals surface area contributed by atoms with Crippen molar-refractivity contribution < 1.29 is 41.0 Å². The summed E-state index contributed by atoms with van der Waals surface area (Å²) in [7, 11) is -7.99. The van der Waals surface area contributed by atoms with Crippen molar-refractivity contribution in [3.05, 3.63) is 107 Å². The van der Waals surface area contributed by atoms with Crippen molar-refractivity contribution in [2.45, 2.75) is 141 Å². The van der Waals surface area contributed by atoms with E-state index in [4.69, 9.17) is 42.9 Å². The molecule has 0 aliphatic heterocycles. The van der Waals surface area contributed by atoms with Crippen molar-refractivity contribution in [2.24, 2.45) is 38.6 Å². The summed E-state index contributed by atoms with van der Waals surface area (Å²) < 4.78 is 64.8. The van der Waals surface area contributed by atoms with E-state index in [2.05, 4.69) is 82.3 Å². The molecule has 6 aromatic rings. The number of rotatable bonds is 23. The van der Waals surface area contributed by atoms with E-state index in [9.17, 15) is 26.4 Å². The van der Waals surface area contributed by atoms with Crippen LogP contribution in [-0.2, 0) is 20.0 Å². The van der Waals surface area contributed by atoms with E-state index in [0.717, 1.165) is 38.1 Å². The van der Waals surface area contributed by atoms with Crippen molar-refractivity contribution >= 4 is 66.8 Å². The molecule has 25 heteroatoms. The summed E-state index contributed by atoms with van der Waals surface area (Å²) in [5, 5.41) is 28.5. The van der Waals surface area contributed by atoms with E-state index >= 15 is 0 Å². The monoisotopic (exact) mass is 1220 g/mol. The molecule has 83 heavy (non-hydrogen) atoms. The first kappa shape index (κ1) is 62.6. The van der Waals surface area contributed by atoms with Crippen LogP contribution < -0.4 is 30.0 Å². The lowest BCUT2D eigenvalue weighted by Gasteiger charge is -2.27. The highest BCUT2D eigenvalue weighted by atomic mass is 35.5. The molecule has 6 N–H and O–H groups in total. The van der Waals surface area contributed by atoms with E-state index in [1.54, 1.807) is 54.9 Å². The molecule has 6 heterocycles. The van der Waals surface area contributed by atoms with Crippen molar-refractivity contribution in [1.29, 1.82) is 0 Å². The molecular weight excluding hydrogens is 1140 g/mol. The molecule has 0 saturated heterocycles. The lowest BCUT2D eigenvalue weighted by atomic mass is 9.80. The quantitative estimate of drug-likeness (QED) is 0.0373. The smallest absolute Gasteiger partial charge is 0.338 e. The molecular formula is C58H76Cl2N12O9S2. The van der Waals surface area contributed by atoms with E-state index in [0.29, 0.717) is 82.4 Å². The number of aromatic nitrogens is 8. The van der Waals surface area contributed by atoms with Gasteiger partial charge in [0.2, 0.25) is 11.8 Å². The topological polar surface area (TPSA) is 290 Å². The summed E-state index contributed by atoms with van der Waals surface area (Å²) >= 11 is 12.1. The minimum atomic E-state index is -4.25. The van der Waals surface area contributed by atoms with Crippen LogP contribution in [0.2, 0.25) is 10.3 Å². The molecule has 4 saturated carbocycles. The van der Waals surface area contributed by atoms with Gasteiger partial charge in [0.1, 0.15) is 21.9 Å². The average Bonchev–Trinajstić information content (AvgIpc) is 4.21. The van der Waals surface area contributed by atoms with E-state index in [1.165, 1.54) is 104 Å². The SMILES string of the molecule is CC1(C)CCCC1CCNc1cccc(S(N)(=O)=O)n1.CC1(CCOc2ccn(-c3ccc(C(=O)NS(=O)(=O)c4cccc(NCCC5CCCC5(C)C)n4)c(Cl)n3)n2)CC1.CC1(CCOc2ccn(-c3ccc(C(=O)O)c(Cl)n3)n2)CC1. The largest absolute Gasteiger partial charge is 0.478 e. The van der Waals surface area contributed by atoms with Gasteiger partial charge in [0.25, 0.3) is 26.0 Å². The fraction of sp³-hybridized carbons (Fsp3) is 0.517. The number of nitrogens with zero attached hydrogens (tertiary/aromatic N) is 8. The number of carboxylic acid groups (broad SMARTS) is 1. The maximum absolute atomic E-state index is 13.0. The van der Waals surface area contributed by atoms with Gasteiger partial charge < -0.3 is 25.2 Å². The van der Waals surface area contributed by atoms with Crippen LogP contribution >= 0.6 is 23.2 Å². The van der Waals surface area contributed by atoms with Gasteiger partial charge in [-0.05, 0) is 159 Å². The molecule has 2 unspecified atom stereocenters. The second kappa shape index (κ2) is 26.3. The van der Waals surface area contributed by atoms with Crippen molar-refractivity contribution in [3.8, 4) is 23.4 Å². The summed E-state index contributed by atoms with van der Waals surface area (Å²) in [5.74, 6) is 2.11. The number of ether oxygens (including phenoxy) is 2. The Morgan fingerprint density at radius 2 is 1.07 bits per heavy atom. The van der Waals surface area contributed by atoms with Crippen LogP contribution in [0, 0.1) is 33.5 Å². The second-order valence-electron chi connectivity index (χ2n) is 24.1. The molecule has 448 valence electrons. The Kier molecular flexibility index (Phi) is 19.8. The van der Waals surface area contributed by atoms with Crippen LogP contribution in [0.5, 0.6) is 11.8 Å². The van der Waals surface area contributed by atoms with Gasteiger partial charge in [-0.25, -0.2) is 52.4 Å². The third-order valence-corrected chi connectivity index (χ3v) is 19.3. The molecule has 4 aliphatic rings. The first-order valence-corrected chi connectivity index (χ1v) is 31.9. The summed E-state index contributed by atoms with van der Waals surface area (Å²) in [6.45, 7) is 16.5. The molecule has 0 bridgehead atoms. The minimum Gasteiger partial charge on any atom is -0.478 e. The Bertz CT molecular complexity index is 3480. The molecule has 2 atom stereocenters.